The number of aryl methyl sites for hydroxylation is 1. The van der Waals surface area contributed by atoms with E-state index in [1.54, 1.807) is 17.0 Å². The lowest BCUT2D eigenvalue weighted by Gasteiger charge is -2.36. The molecule has 0 N–H and O–H groups in total. The van der Waals surface area contributed by atoms with Gasteiger partial charge >= 0.3 is 5.69 Å². The van der Waals surface area contributed by atoms with Crippen molar-refractivity contribution in [2.45, 2.75) is 6.92 Å². The molecular formula is C22H22FN5O4. The maximum absolute atomic E-state index is 14.5. The fraction of sp³-hybridized carbons (Fsp3) is 0.318. The van der Waals surface area contributed by atoms with Crippen molar-refractivity contribution in [3.8, 4) is 0 Å². The van der Waals surface area contributed by atoms with E-state index in [0.717, 1.165) is 4.57 Å². The lowest BCUT2D eigenvalue weighted by Crippen LogP contribution is -2.49. The number of carbonyl (C=O) groups excluding carboxylic acids is 2. The molecule has 3 aromatic rings. The minimum Gasteiger partial charge on any atom is -0.366 e. The molecule has 9 nitrogen and oxygen atoms in total. The number of benzene rings is 1. The first kappa shape index (κ1) is 21.4. The van der Waals surface area contributed by atoms with Gasteiger partial charge in [-0.25, -0.2) is 14.2 Å². The highest BCUT2D eigenvalue weighted by molar-refractivity contribution is 5.97. The Morgan fingerprint density at radius 1 is 0.969 bits per heavy atom. The number of anilines is 1. The molecular weight excluding hydrogens is 417 g/mol. The van der Waals surface area contributed by atoms with Crippen LogP contribution in [0.25, 0.3) is 11.0 Å². The lowest BCUT2D eigenvalue weighted by atomic mass is 10.1. The smallest absolute Gasteiger partial charge is 0.332 e. The Hall–Kier alpha value is -3.82. The Kier molecular flexibility index (Phi) is 5.37. The van der Waals surface area contributed by atoms with Gasteiger partial charge in [0.1, 0.15) is 11.5 Å². The van der Waals surface area contributed by atoms with Crippen molar-refractivity contribution in [3.63, 3.8) is 0 Å². The molecule has 10 heteroatoms. The Bertz CT molecular complexity index is 1370. The molecule has 1 aromatic carbocycles. The van der Waals surface area contributed by atoms with E-state index in [9.17, 15) is 23.6 Å². The summed E-state index contributed by atoms with van der Waals surface area (Å²) < 4.78 is 16.7. The highest BCUT2D eigenvalue weighted by Gasteiger charge is 2.25. The third-order valence-electron chi connectivity index (χ3n) is 5.80. The molecule has 0 saturated carbocycles. The van der Waals surface area contributed by atoms with Gasteiger partial charge in [0, 0.05) is 52.0 Å². The van der Waals surface area contributed by atoms with E-state index >= 15 is 0 Å². The molecule has 1 fully saturated rings. The number of ketones is 1. The average Bonchev–Trinajstić information content (AvgIpc) is 2.80. The summed E-state index contributed by atoms with van der Waals surface area (Å²) in [5.74, 6) is -0.968. The number of pyridine rings is 1. The number of hydrogen-bond donors (Lipinski definition) is 0. The number of rotatable bonds is 3. The van der Waals surface area contributed by atoms with Gasteiger partial charge < -0.3 is 9.80 Å². The number of aromatic nitrogens is 3. The molecule has 32 heavy (non-hydrogen) atoms. The van der Waals surface area contributed by atoms with Crippen LogP contribution in [0.1, 0.15) is 27.6 Å². The summed E-state index contributed by atoms with van der Waals surface area (Å²) in [5, 5.41) is 0.187. The number of nitrogens with zero attached hydrogens (tertiary/aromatic N) is 5. The van der Waals surface area contributed by atoms with E-state index in [1.165, 1.54) is 43.9 Å². The third-order valence-corrected chi connectivity index (χ3v) is 5.80. The second kappa shape index (κ2) is 8.03. The fourth-order valence-electron chi connectivity index (χ4n) is 3.90. The van der Waals surface area contributed by atoms with E-state index < -0.39 is 17.1 Å². The van der Waals surface area contributed by atoms with Crippen LogP contribution in [-0.4, -0.2) is 56.9 Å². The van der Waals surface area contributed by atoms with Crippen molar-refractivity contribution in [1.82, 2.24) is 19.0 Å². The first-order valence-electron chi connectivity index (χ1n) is 10.1. The second-order valence-corrected chi connectivity index (χ2v) is 7.80. The zero-order valence-corrected chi connectivity index (χ0v) is 18.0. The number of halogens is 1. The Balaban J connectivity index is 1.54. The van der Waals surface area contributed by atoms with Gasteiger partial charge in [0.2, 0.25) is 0 Å². The summed E-state index contributed by atoms with van der Waals surface area (Å²) in [6.45, 7) is 2.93. The van der Waals surface area contributed by atoms with Crippen LogP contribution in [0.2, 0.25) is 0 Å². The summed E-state index contributed by atoms with van der Waals surface area (Å²) in [6.07, 6.45) is 1.36. The van der Waals surface area contributed by atoms with E-state index in [4.69, 9.17) is 0 Å². The second-order valence-electron chi connectivity index (χ2n) is 7.80. The van der Waals surface area contributed by atoms with Crippen molar-refractivity contribution < 1.29 is 14.0 Å². The SMILES string of the molecule is CC(=O)c1ccc(N2CCN(C(=O)c3cnc4c(c3)c(=O)n(C)c(=O)n4C)CC2)c(F)c1. The van der Waals surface area contributed by atoms with E-state index in [-0.39, 0.29) is 28.3 Å². The van der Waals surface area contributed by atoms with Crippen LogP contribution in [-0.2, 0) is 14.1 Å². The predicted octanol–water partition coefficient (Wildman–Crippen LogP) is 0.936. The van der Waals surface area contributed by atoms with Crippen LogP contribution in [0.4, 0.5) is 10.1 Å². The van der Waals surface area contributed by atoms with Gasteiger partial charge in [-0.2, -0.15) is 0 Å². The Labute approximate surface area is 182 Å². The summed E-state index contributed by atoms with van der Waals surface area (Å²) in [6, 6.07) is 5.85. The first-order valence-corrected chi connectivity index (χ1v) is 10.1. The fourth-order valence-corrected chi connectivity index (χ4v) is 3.90. The molecule has 0 radical (unpaired) electrons. The van der Waals surface area contributed by atoms with Crippen LogP contribution in [0.3, 0.4) is 0 Å². The molecule has 0 unspecified atom stereocenters. The quantitative estimate of drug-likeness (QED) is 0.564. The number of amides is 1. The first-order chi connectivity index (χ1) is 15.2. The molecule has 0 atom stereocenters. The Morgan fingerprint density at radius 3 is 2.28 bits per heavy atom. The summed E-state index contributed by atoms with van der Waals surface area (Å²) >= 11 is 0. The van der Waals surface area contributed by atoms with Gasteiger partial charge in [0.25, 0.3) is 11.5 Å². The normalized spacial score (nSPS) is 14.1. The summed E-state index contributed by atoms with van der Waals surface area (Å²) in [7, 11) is 2.89. The molecule has 0 spiro atoms. The van der Waals surface area contributed by atoms with Gasteiger partial charge in [-0.05, 0) is 31.2 Å². The van der Waals surface area contributed by atoms with E-state index in [2.05, 4.69) is 4.98 Å². The molecule has 4 rings (SSSR count). The van der Waals surface area contributed by atoms with Crippen LogP contribution in [0.15, 0.2) is 40.1 Å². The predicted molar refractivity (Wildman–Crippen MR) is 117 cm³/mol. The summed E-state index contributed by atoms with van der Waals surface area (Å²) in [5.41, 5.74) is 0.155. The van der Waals surface area contributed by atoms with Crippen LogP contribution < -0.4 is 16.1 Å². The maximum atomic E-state index is 14.5. The van der Waals surface area contributed by atoms with E-state index in [0.29, 0.717) is 37.4 Å². The minimum atomic E-state index is -0.514. The monoisotopic (exact) mass is 439 g/mol. The molecule has 1 aliphatic rings. The molecule has 1 aliphatic heterocycles. The molecule has 2 aromatic heterocycles. The van der Waals surface area contributed by atoms with Crippen molar-refractivity contribution in [3.05, 3.63) is 68.2 Å². The zero-order chi connectivity index (χ0) is 23.2. The number of Topliss-reactive ketones (excluding diaryl/α,β-unsaturated/α-hetero) is 1. The van der Waals surface area contributed by atoms with Crippen molar-refractivity contribution >= 4 is 28.4 Å². The van der Waals surface area contributed by atoms with Crippen LogP contribution >= 0.6 is 0 Å². The van der Waals surface area contributed by atoms with Crippen molar-refractivity contribution in [1.29, 1.82) is 0 Å². The average molecular weight is 439 g/mol. The van der Waals surface area contributed by atoms with E-state index in [1.807, 2.05) is 4.90 Å². The zero-order valence-electron chi connectivity index (χ0n) is 18.0. The number of carbonyl (C=O) groups is 2. The highest BCUT2D eigenvalue weighted by atomic mass is 19.1. The number of fused-ring (bicyclic) bond motifs is 1. The Morgan fingerprint density at radius 2 is 1.66 bits per heavy atom. The van der Waals surface area contributed by atoms with Crippen LogP contribution in [0, 0.1) is 5.82 Å². The molecule has 0 bridgehead atoms. The highest BCUT2D eigenvalue weighted by Crippen LogP contribution is 2.23. The maximum Gasteiger partial charge on any atom is 0.332 e. The van der Waals surface area contributed by atoms with Crippen molar-refractivity contribution in [2.24, 2.45) is 14.1 Å². The van der Waals surface area contributed by atoms with Gasteiger partial charge in [-0.1, -0.05) is 0 Å². The van der Waals surface area contributed by atoms with Gasteiger partial charge in [0.15, 0.2) is 5.78 Å². The molecule has 166 valence electrons. The minimum absolute atomic E-state index is 0.187. The van der Waals surface area contributed by atoms with Gasteiger partial charge in [0.05, 0.1) is 16.6 Å². The standard InChI is InChI=1S/C22H22FN5O4/c1-13(29)14-4-5-18(17(23)11-14)27-6-8-28(9-7-27)20(30)15-10-16-19(24-12-15)25(2)22(32)26(3)21(16)31/h4-5,10-12H,6-9H2,1-3H3. The number of hydrogen-bond acceptors (Lipinski definition) is 6. The van der Waals surface area contributed by atoms with Crippen LogP contribution in [0.5, 0.6) is 0 Å². The molecule has 1 saturated heterocycles. The topological polar surface area (TPSA) is 97.5 Å². The van der Waals surface area contributed by atoms with Crippen molar-refractivity contribution in [2.75, 3.05) is 31.1 Å². The third kappa shape index (κ3) is 3.57. The lowest BCUT2D eigenvalue weighted by molar-refractivity contribution is 0.0746. The molecule has 1 amide bonds. The van der Waals surface area contributed by atoms with Gasteiger partial charge in [-0.15, -0.1) is 0 Å². The summed E-state index contributed by atoms with van der Waals surface area (Å²) in [4.78, 5) is 56.6. The largest absolute Gasteiger partial charge is 0.366 e. The number of piperazine rings is 1. The molecule has 3 heterocycles. The van der Waals surface area contributed by atoms with Gasteiger partial charge in [-0.3, -0.25) is 23.5 Å². The molecule has 0 aliphatic carbocycles.